The normalized spacial score (nSPS) is 14.8. The summed E-state index contributed by atoms with van der Waals surface area (Å²) in [5.41, 5.74) is 2.73. The summed E-state index contributed by atoms with van der Waals surface area (Å²) in [7, 11) is 0. The Bertz CT molecular complexity index is 856. The highest BCUT2D eigenvalue weighted by Gasteiger charge is 2.23. The summed E-state index contributed by atoms with van der Waals surface area (Å²) < 4.78 is 3.76. The van der Waals surface area contributed by atoms with Crippen molar-refractivity contribution in [2.45, 2.75) is 38.6 Å². The van der Waals surface area contributed by atoms with E-state index in [1.807, 2.05) is 45.9 Å². The van der Waals surface area contributed by atoms with Crippen molar-refractivity contribution in [3.8, 4) is 11.5 Å². The van der Waals surface area contributed by atoms with Gasteiger partial charge in [0.15, 0.2) is 5.82 Å². The van der Waals surface area contributed by atoms with Gasteiger partial charge in [-0.15, -0.1) is 0 Å². The maximum atomic E-state index is 12.8. The summed E-state index contributed by atoms with van der Waals surface area (Å²) in [4.78, 5) is 12.8. The Labute approximate surface area is 147 Å². The minimum Gasteiger partial charge on any atom is -0.349 e. The van der Waals surface area contributed by atoms with E-state index in [0.29, 0.717) is 5.56 Å². The van der Waals surface area contributed by atoms with Gasteiger partial charge in [-0.25, -0.2) is 4.68 Å². The molecule has 2 aromatic heterocycles. The van der Waals surface area contributed by atoms with Crippen LogP contribution in [-0.2, 0) is 0 Å². The molecule has 1 fully saturated rings. The van der Waals surface area contributed by atoms with Gasteiger partial charge >= 0.3 is 0 Å². The van der Waals surface area contributed by atoms with Gasteiger partial charge in [0.25, 0.3) is 5.91 Å². The first-order chi connectivity index (χ1) is 12.2. The molecule has 128 valence electrons. The molecule has 5 heteroatoms. The molecular weight excluding hydrogens is 312 g/mol. The standard InChI is InChI=1S/C20H22N4O/c1-15-8-10-17(11-9-15)24-20(23-12-4-5-13-23)18(14-21-24)19(25)22-16-6-2-3-7-16/h4-5,8-14,16H,2-3,6-7H2,1H3,(H,22,25). The molecule has 25 heavy (non-hydrogen) atoms. The van der Waals surface area contributed by atoms with Crippen molar-refractivity contribution in [3.05, 3.63) is 66.1 Å². The van der Waals surface area contributed by atoms with Gasteiger partial charge in [0.2, 0.25) is 0 Å². The molecule has 0 saturated heterocycles. The quantitative estimate of drug-likeness (QED) is 0.792. The van der Waals surface area contributed by atoms with Gasteiger partial charge in [-0.05, 0) is 44.0 Å². The highest BCUT2D eigenvalue weighted by molar-refractivity contribution is 5.97. The molecule has 1 aliphatic carbocycles. The second-order valence-corrected chi connectivity index (χ2v) is 6.67. The molecule has 0 aliphatic heterocycles. The number of carbonyl (C=O) groups is 1. The molecule has 1 amide bonds. The number of amides is 1. The summed E-state index contributed by atoms with van der Waals surface area (Å²) in [6.45, 7) is 2.06. The lowest BCUT2D eigenvalue weighted by atomic mass is 10.2. The van der Waals surface area contributed by atoms with Crippen LogP contribution in [0.15, 0.2) is 55.0 Å². The topological polar surface area (TPSA) is 51.9 Å². The van der Waals surface area contributed by atoms with Crippen LogP contribution in [0.4, 0.5) is 0 Å². The predicted molar refractivity (Wildman–Crippen MR) is 97.4 cm³/mol. The number of carbonyl (C=O) groups excluding carboxylic acids is 1. The van der Waals surface area contributed by atoms with Crippen LogP contribution in [-0.4, -0.2) is 26.3 Å². The van der Waals surface area contributed by atoms with E-state index in [4.69, 9.17) is 0 Å². The van der Waals surface area contributed by atoms with Crippen LogP contribution >= 0.6 is 0 Å². The van der Waals surface area contributed by atoms with Crippen molar-refractivity contribution >= 4 is 5.91 Å². The van der Waals surface area contributed by atoms with Crippen LogP contribution in [0.1, 0.15) is 41.6 Å². The summed E-state index contributed by atoms with van der Waals surface area (Å²) in [6.07, 6.45) is 10.1. The van der Waals surface area contributed by atoms with Crippen molar-refractivity contribution in [3.63, 3.8) is 0 Å². The molecular formula is C20H22N4O. The Balaban J connectivity index is 1.74. The van der Waals surface area contributed by atoms with Gasteiger partial charge in [0.05, 0.1) is 11.9 Å². The van der Waals surface area contributed by atoms with E-state index >= 15 is 0 Å². The molecule has 0 bridgehead atoms. The number of rotatable bonds is 4. The third-order valence-electron chi connectivity index (χ3n) is 4.81. The van der Waals surface area contributed by atoms with Crippen LogP contribution in [0.5, 0.6) is 0 Å². The first-order valence-electron chi connectivity index (χ1n) is 8.81. The van der Waals surface area contributed by atoms with Gasteiger partial charge in [0.1, 0.15) is 5.56 Å². The van der Waals surface area contributed by atoms with E-state index in [1.165, 1.54) is 18.4 Å². The van der Waals surface area contributed by atoms with Gasteiger partial charge < -0.3 is 9.88 Å². The highest BCUT2D eigenvalue weighted by Crippen LogP contribution is 2.22. The van der Waals surface area contributed by atoms with Crippen molar-refractivity contribution in [2.24, 2.45) is 0 Å². The molecule has 0 atom stereocenters. The Hall–Kier alpha value is -2.82. The molecule has 5 nitrogen and oxygen atoms in total. The Morgan fingerprint density at radius 3 is 2.48 bits per heavy atom. The van der Waals surface area contributed by atoms with Gasteiger partial charge in [-0.1, -0.05) is 30.5 Å². The van der Waals surface area contributed by atoms with E-state index < -0.39 is 0 Å². The SMILES string of the molecule is Cc1ccc(-n2ncc(C(=O)NC3CCCC3)c2-n2cccc2)cc1. The molecule has 0 spiro atoms. The zero-order valence-electron chi connectivity index (χ0n) is 14.4. The van der Waals surface area contributed by atoms with Gasteiger partial charge in [-0.3, -0.25) is 4.79 Å². The number of benzene rings is 1. The third-order valence-corrected chi connectivity index (χ3v) is 4.81. The highest BCUT2D eigenvalue weighted by atomic mass is 16.1. The maximum Gasteiger partial charge on any atom is 0.256 e. The molecule has 3 aromatic rings. The lowest BCUT2D eigenvalue weighted by molar-refractivity contribution is 0.0938. The summed E-state index contributed by atoms with van der Waals surface area (Å²) in [6, 6.07) is 12.3. The van der Waals surface area contributed by atoms with Crippen molar-refractivity contribution < 1.29 is 4.79 Å². The molecule has 0 unspecified atom stereocenters. The number of aromatic nitrogens is 3. The Morgan fingerprint density at radius 1 is 1.12 bits per heavy atom. The molecule has 1 N–H and O–H groups in total. The minimum absolute atomic E-state index is 0.0473. The summed E-state index contributed by atoms with van der Waals surface area (Å²) in [5.74, 6) is 0.721. The largest absolute Gasteiger partial charge is 0.349 e. The molecule has 0 radical (unpaired) electrons. The second kappa shape index (κ2) is 6.59. The molecule has 1 saturated carbocycles. The number of hydrogen-bond acceptors (Lipinski definition) is 2. The lowest BCUT2D eigenvalue weighted by Gasteiger charge is -2.14. The van der Waals surface area contributed by atoms with Crippen LogP contribution in [0.2, 0.25) is 0 Å². The molecule has 1 aromatic carbocycles. The monoisotopic (exact) mass is 334 g/mol. The van der Waals surface area contributed by atoms with Crippen LogP contribution in [0, 0.1) is 6.92 Å². The van der Waals surface area contributed by atoms with E-state index in [9.17, 15) is 4.79 Å². The average Bonchev–Trinajstić information content (AvgIpc) is 3.36. The average molecular weight is 334 g/mol. The fourth-order valence-corrected chi connectivity index (χ4v) is 3.43. The molecule has 2 heterocycles. The number of aryl methyl sites for hydroxylation is 1. The Morgan fingerprint density at radius 2 is 1.80 bits per heavy atom. The van der Waals surface area contributed by atoms with Gasteiger partial charge in [-0.2, -0.15) is 5.10 Å². The first kappa shape index (κ1) is 15.7. The van der Waals surface area contributed by atoms with Crippen LogP contribution in [0.3, 0.4) is 0 Å². The van der Waals surface area contributed by atoms with Crippen LogP contribution < -0.4 is 5.32 Å². The smallest absolute Gasteiger partial charge is 0.256 e. The molecule has 4 rings (SSSR count). The minimum atomic E-state index is -0.0473. The summed E-state index contributed by atoms with van der Waals surface area (Å²) in [5, 5.41) is 7.67. The third kappa shape index (κ3) is 3.09. The number of nitrogens with zero attached hydrogens (tertiary/aromatic N) is 3. The van der Waals surface area contributed by atoms with Crippen molar-refractivity contribution in [2.75, 3.05) is 0 Å². The van der Waals surface area contributed by atoms with Crippen LogP contribution in [0.25, 0.3) is 11.5 Å². The fraction of sp³-hybridized carbons (Fsp3) is 0.300. The fourth-order valence-electron chi connectivity index (χ4n) is 3.43. The maximum absolute atomic E-state index is 12.8. The van der Waals surface area contributed by atoms with Gasteiger partial charge in [0, 0.05) is 18.4 Å². The second-order valence-electron chi connectivity index (χ2n) is 6.67. The van der Waals surface area contributed by atoms with E-state index in [1.54, 1.807) is 6.20 Å². The number of hydrogen-bond donors (Lipinski definition) is 1. The molecule has 1 aliphatic rings. The van der Waals surface area contributed by atoms with Crippen molar-refractivity contribution in [1.82, 2.24) is 19.7 Å². The van der Waals surface area contributed by atoms with E-state index in [-0.39, 0.29) is 11.9 Å². The van der Waals surface area contributed by atoms with E-state index in [0.717, 1.165) is 24.3 Å². The zero-order valence-corrected chi connectivity index (χ0v) is 14.4. The lowest BCUT2D eigenvalue weighted by Crippen LogP contribution is -2.33. The van der Waals surface area contributed by atoms with E-state index in [2.05, 4.69) is 29.5 Å². The number of nitrogens with one attached hydrogen (secondary N) is 1. The van der Waals surface area contributed by atoms with Crippen molar-refractivity contribution in [1.29, 1.82) is 0 Å². The zero-order chi connectivity index (χ0) is 17.2. The predicted octanol–water partition coefficient (Wildman–Crippen LogP) is 3.64. The summed E-state index contributed by atoms with van der Waals surface area (Å²) >= 11 is 0. The first-order valence-corrected chi connectivity index (χ1v) is 8.81. The Kier molecular flexibility index (Phi) is 4.14.